The summed E-state index contributed by atoms with van der Waals surface area (Å²) in [6, 6.07) is 11.8. The number of pyridine rings is 1. The number of nitrogens with one attached hydrogen (secondary N) is 1. The summed E-state index contributed by atoms with van der Waals surface area (Å²) >= 11 is 0. The Morgan fingerprint density at radius 3 is 2.58 bits per heavy atom. The van der Waals surface area contributed by atoms with Crippen LogP contribution < -0.4 is 5.32 Å². The quantitative estimate of drug-likeness (QED) is 0.880. The first-order chi connectivity index (χ1) is 9.08. The number of benzene rings is 1. The fraction of sp³-hybridized carbons (Fsp3) is 0.312. The van der Waals surface area contributed by atoms with E-state index < -0.39 is 0 Å². The van der Waals surface area contributed by atoms with E-state index in [4.69, 9.17) is 0 Å². The predicted octanol–water partition coefficient (Wildman–Crippen LogP) is 3.51. The number of phenolic OH excluding ortho intramolecular Hbond substituents is 1. The number of aryl methyl sites for hydroxylation is 1. The fourth-order valence-corrected chi connectivity index (χ4v) is 2.20. The molecule has 0 aliphatic heterocycles. The third-order valence-corrected chi connectivity index (χ3v) is 3.28. The first-order valence-electron chi connectivity index (χ1n) is 6.54. The minimum atomic E-state index is 0.0666. The molecule has 0 radical (unpaired) electrons. The highest BCUT2D eigenvalue weighted by Crippen LogP contribution is 2.26. The number of aromatic nitrogens is 1. The predicted molar refractivity (Wildman–Crippen MR) is 77.0 cm³/mol. The zero-order valence-electron chi connectivity index (χ0n) is 11.6. The lowest BCUT2D eigenvalue weighted by Crippen LogP contribution is -2.23. The number of rotatable bonds is 4. The lowest BCUT2D eigenvalue weighted by Gasteiger charge is -2.21. The van der Waals surface area contributed by atoms with Crippen LogP contribution in [0.5, 0.6) is 5.75 Å². The van der Waals surface area contributed by atoms with Crippen molar-refractivity contribution in [2.75, 3.05) is 0 Å². The van der Waals surface area contributed by atoms with Gasteiger partial charge in [-0.25, -0.2) is 0 Å². The van der Waals surface area contributed by atoms with E-state index in [-0.39, 0.29) is 12.1 Å². The van der Waals surface area contributed by atoms with Crippen molar-refractivity contribution in [2.45, 2.75) is 32.9 Å². The van der Waals surface area contributed by atoms with E-state index in [9.17, 15) is 5.11 Å². The number of hydrogen-bond acceptors (Lipinski definition) is 3. The number of nitrogens with zero attached hydrogens (tertiary/aromatic N) is 1. The molecule has 3 heteroatoms. The third kappa shape index (κ3) is 3.32. The van der Waals surface area contributed by atoms with Gasteiger partial charge in [-0.3, -0.25) is 4.98 Å². The second kappa shape index (κ2) is 5.85. The Labute approximate surface area is 114 Å². The van der Waals surface area contributed by atoms with E-state index in [1.54, 1.807) is 12.3 Å². The van der Waals surface area contributed by atoms with Gasteiger partial charge >= 0.3 is 0 Å². The molecule has 1 aromatic heterocycles. The Morgan fingerprint density at radius 2 is 1.89 bits per heavy atom. The molecule has 1 unspecified atom stereocenters. The van der Waals surface area contributed by atoms with Crippen LogP contribution in [0.25, 0.3) is 0 Å². The number of phenols is 1. The normalized spacial score (nSPS) is 14.1. The average Bonchev–Trinajstić information content (AvgIpc) is 2.42. The van der Waals surface area contributed by atoms with Crippen molar-refractivity contribution in [3.05, 3.63) is 59.4 Å². The molecule has 0 saturated carbocycles. The molecule has 0 saturated heterocycles. The standard InChI is InChI=1S/C16H20N2O/c1-11-7-8-16(19)14(10-11)12(2)18-13(3)15-6-4-5-9-17-15/h4-10,12-13,18-19H,1-3H3/t12?,13-/m0/s1. The Kier molecular flexibility index (Phi) is 4.17. The largest absolute Gasteiger partial charge is 0.508 e. The van der Waals surface area contributed by atoms with Crippen molar-refractivity contribution >= 4 is 0 Å². The minimum absolute atomic E-state index is 0.0666. The third-order valence-electron chi connectivity index (χ3n) is 3.28. The second-order valence-electron chi connectivity index (χ2n) is 4.93. The maximum absolute atomic E-state index is 9.93. The SMILES string of the molecule is Cc1ccc(O)c(C(C)N[C@@H](C)c2ccccn2)c1. The lowest BCUT2D eigenvalue weighted by atomic mass is 10.0. The van der Waals surface area contributed by atoms with E-state index in [1.807, 2.05) is 44.2 Å². The Hall–Kier alpha value is -1.87. The first kappa shape index (κ1) is 13.6. The van der Waals surface area contributed by atoms with E-state index in [0.29, 0.717) is 5.75 Å². The zero-order chi connectivity index (χ0) is 13.8. The first-order valence-corrected chi connectivity index (χ1v) is 6.54. The van der Waals surface area contributed by atoms with Crippen LogP contribution in [0.2, 0.25) is 0 Å². The maximum Gasteiger partial charge on any atom is 0.120 e. The molecule has 2 N–H and O–H groups in total. The molecule has 0 aliphatic carbocycles. The smallest absolute Gasteiger partial charge is 0.120 e. The summed E-state index contributed by atoms with van der Waals surface area (Å²) in [5.41, 5.74) is 3.07. The van der Waals surface area contributed by atoms with Crippen LogP contribution in [0.15, 0.2) is 42.6 Å². The average molecular weight is 256 g/mol. The highest BCUT2D eigenvalue weighted by Gasteiger charge is 2.14. The monoisotopic (exact) mass is 256 g/mol. The van der Waals surface area contributed by atoms with E-state index in [1.165, 1.54) is 0 Å². The summed E-state index contributed by atoms with van der Waals surface area (Å²) in [4.78, 5) is 4.34. The summed E-state index contributed by atoms with van der Waals surface area (Å²) in [6.45, 7) is 6.15. The van der Waals surface area contributed by atoms with Gasteiger partial charge in [0.2, 0.25) is 0 Å². The summed E-state index contributed by atoms with van der Waals surface area (Å²) in [5.74, 6) is 0.332. The molecule has 0 bridgehead atoms. The summed E-state index contributed by atoms with van der Waals surface area (Å²) < 4.78 is 0. The molecule has 19 heavy (non-hydrogen) atoms. The van der Waals surface area contributed by atoms with Crippen molar-refractivity contribution in [3.63, 3.8) is 0 Å². The van der Waals surface area contributed by atoms with Gasteiger partial charge in [0.25, 0.3) is 0 Å². The van der Waals surface area contributed by atoms with Crippen LogP contribution in [-0.2, 0) is 0 Å². The summed E-state index contributed by atoms with van der Waals surface area (Å²) in [7, 11) is 0. The molecule has 0 aliphatic rings. The van der Waals surface area contributed by atoms with Crippen molar-refractivity contribution < 1.29 is 5.11 Å². The molecule has 3 nitrogen and oxygen atoms in total. The minimum Gasteiger partial charge on any atom is -0.508 e. The summed E-state index contributed by atoms with van der Waals surface area (Å²) in [6.07, 6.45) is 1.79. The molecule has 0 amide bonds. The van der Waals surface area contributed by atoms with Crippen LogP contribution >= 0.6 is 0 Å². The highest BCUT2D eigenvalue weighted by molar-refractivity contribution is 5.37. The molecule has 1 heterocycles. The highest BCUT2D eigenvalue weighted by atomic mass is 16.3. The molecular formula is C16H20N2O. The van der Waals surface area contributed by atoms with E-state index in [2.05, 4.69) is 17.2 Å². The maximum atomic E-state index is 9.93. The molecule has 2 aromatic rings. The Morgan fingerprint density at radius 1 is 1.11 bits per heavy atom. The van der Waals surface area contributed by atoms with Gasteiger partial charge < -0.3 is 10.4 Å². The van der Waals surface area contributed by atoms with Crippen LogP contribution in [0, 0.1) is 6.92 Å². The van der Waals surface area contributed by atoms with Crippen molar-refractivity contribution in [1.29, 1.82) is 0 Å². The Bertz CT molecular complexity index is 540. The van der Waals surface area contributed by atoms with E-state index in [0.717, 1.165) is 16.8 Å². The molecule has 0 spiro atoms. The second-order valence-corrected chi connectivity index (χ2v) is 4.93. The van der Waals surface area contributed by atoms with Gasteiger partial charge in [0.1, 0.15) is 5.75 Å². The van der Waals surface area contributed by atoms with Crippen LogP contribution in [0.3, 0.4) is 0 Å². The number of hydrogen-bond donors (Lipinski definition) is 2. The molecule has 1 aromatic carbocycles. The van der Waals surface area contributed by atoms with Gasteiger partial charge in [-0.1, -0.05) is 23.8 Å². The Balaban J connectivity index is 2.13. The van der Waals surface area contributed by atoms with Gasteiger partial charge in [0.05, 0.1) is 5.69 Å². The molecule has 100 valence electrons. The summed E-state index contributed by atoms with van der Waals surface area (Å²) in [5, 5.41) is 13.4. The molecule has 0 fully saturated rings. The molecule has 2 atom stereocenters. The van der Waals surface area contributed by atoms with Gasteiger partial charge in [0, 0.05) is 23.8 Å². The van der Waals surface area contributed by atoms with Crippen molar-refractivity contribution in [2.24, 2.45) is 0 Å². The van der Waals surface area contributed by atoms with Crippen LogP contribution in [0.4, 0.5) is 0 Å². The van der Waals surface area contributed by atoms with E-state index >= 15 is 0 Å². The lowest BCUT2D eigenvalue weighted by molar-refractivity contribution is 0.436. The van der Waals surface area contributed by atoms with Gasteiger partial charge in [-0.15, -0.1) is 0 Å². The van der Waals surface area contributed by atoms with Crippen molar-refractivity contribution in [3.8, 4) is 5.75 Å². The van der Waals surface area contributed by atoms with Gasteiger partial charge in [-0.2, -0.15) is 0 Å². The zero-order valence-corrected chi connectivity index (χ0v) is 11.6. The molecular weight excluding hydrogens is 236 g/mol. The topological polar surface area (TPSA) is 45.1 Å². The van der Waals surface area contributed by atoms with Crippen LogP contribution in [0.1, 0.15) is 42.8 Å². The molecule has 2 rings (SSSR count). The van der Waals surface area contributed by atoms with Crippen LogP contribution in [-0.4, -0.2) is 10.1 Å². The van der Waals surface area contributed by atoms with Crippen molar-refractivity contribution in [1.82, 2.24) is 10.3 Å². The van der Waals surface area contributed by atoms with Gasteiger partial charge in [0.15, 0.2) is 0 Å². The fourth-order valence-electron chi connectivity index (χ4n) is 2.20. The number of aromatic hydroxyl groups is 1. The van der Waals surface area contributed by atoms with Gasteiger partial charge in [-0.05, 0) is 39.0 Å².